The van der Waals surface area contributed by atoms with Crippen molar-refractivity contribution in [1.29, 1.82) is 0 Å². The number of ether oxygens (including phenoxy) is 3. The van der Waals surface area contributed by atoms with E-state index in [-0.39, 0.29) is 50.7 Å². The van der Waals surface area contributed by atoms with Gasteiger partial charge in [0.2, 0.25) is 0 Å². The van der Waals surface area contributed by atoms with E-state index >= 15 is 0 Å². The molecule has 0 aromatic heterocycles. The van der Waals surface area contributed by atoms with E-state index in [0.29, 0.717) is 56.7 Å². The van der Waals surface area contributed by atoms with E-state index < -0.39 is 5.97 Å². The van der Waals surface area contributed by atoms with Gasteiger partial charge in [0, 0.05) is 35.6 Å². The molecule has 2 bridgehead atoms. The molecule has 5 fully saturated rings. The van der Waals surface area contributed by atoms with Crippen LogP contribution in [0, 0.1) is 56.7 Å². The van der Waals surface area contributed by atoms with Gasteiger partial charge in [-0.1, -0.05) is 60.1 Å². The van der Waals surface area contributed by atoms with Crippen LogP contribution < -0.4 is 17.0 Å². The van der Waals surface area contributed by atoms with Gasteiger partial charge in [0.1, 0.15) is 0 Å². The van der Waals surface area contributed by atoms with Crippen LogP contribution in [0.1, 0.15) is 99.8 Å². The topological polar surface area (TPSA) is 129 Å². The van der Waals surface area contributed by atoms with Crippen molar-refractivity contribution in [2.45, 2.75) is 118 Å². The Morgan fingerprint density at radius 2 is 1.75 bits per heavy atom. The van der Waals surface area contributed by atoms with Gasteiger partial charge in [-0.15, -0.1) is 0 Å². The molecule has 8 heteroatoms. The highest BCUT2D eigenvalue weighted by atomic mass is 16.5. The molecule has 0 spiro atoms. The fourth-order valence-corrected chi connectivity index (χ4v) is 12.3. The van der Waals surface area contributed by atoms with Crippen LogP contribution in [0.5, 0.6) is 0 Å². The number of carboxylic acids is 1. The number of fused-ring (bicyclic) bond motifs is 3. The monoisotopic (exact) mass is 615 g/mol. The van der Waals surface area contributed by atoms with Gasteiger partial charge in [0.15, 0.2) is 0 Å². The summed E-state index contributed by atoms with van der Waals surface area (Å²) in [5.74, 6) is 6.90. The molecular weight excluding hydrogens is 554 g/mol. The molecule has 2 aliphatic heterocycles. The Balaban J connectivity index is 1.36. The van der Waals surface area contributed by atoms with E-state index in [2.05, 4.69) is 60.0 Å². The molecule has 6 rings (SSSR count). The minimum Gasteiger partial charge on any atom is -0.481 e. The third-order valence-corrected chi connectivity index (χ3v) is 15.4. The molecule has 0 amide bonds. The second kappa shape index (κ2) is 11.0. The van der Waals surface area contributed by atoms with Gasteiger partial charge < -0.3 is 25.1 Å². The highest BCUT2D eigenvalue weighted by Crippen LogP contribution is 2.74. The molecular formula is C36H61N3O5. The summed E-state index contributed by atoms with van der Waals surface area (Å²) in [7, 11) is 0. The fraction of sp³-hybridized carbons (Fsp3) is 0.917. The largest absolute Gasteiger partial charge is 0.481 e. The molecule has 0 unspecified atom stereocenters. The molecule has 8 nitrogen and oxygen atoms in total. The third-order valence-electron chi connectivity index (χ3n) is 15.4. The predicted molar refractivity (Wildman–Crippen MR) is 171 cm³/mol. The van der Waals surface area contributed by atoms with Crippen LogP contribution >= 0.6 is 0 Å². The summed E-state index contributed by atoms with van der Waals surface area (Å²) in [6, 6.07) is -0.0161. The second-order valence-electron chi connectivity index (χ2n) is 17.5. The fourth-order valence-electron chi connectivity index (χ4n) is 12.3. The number of nitrogens with two attached hydrogens (primary N) is 2. The maximum atomic E-state index is 13.3. The van der Waals surface area contributed by atoms with Crippen LogP contribution in [-0.4, -0.2) is 61.8 Å². The molecule has 0 aromatic carbocycles. The Morgan fingerprint density at radius 3 is 2.39 bits per heavy atom. The maximum absolute atomic E-state index is 13.3. The number of rotatable bonds is 7. The Labute approximate surface area is 265 Å². The third kappa shape index (κ3) is 4.47. The zero-order chi connectivity index (χ0) is 31.9. The summed E-state index contributed by atoms with van der Waals surface area (Å²) in [4.78, 5) is 13.3. The number of carboxylic acid groups (broad SMARTS) is 1. The normalized spacial score (nSPS) is 48.9. The molecule has 250 valence electrons. The summed E-state index contributed by atoms with van der Waals surface area (Å²) in [6.45, 7) is 19.4. The Hall–Kier alpha value is -1.03. The SMILES string of the molecule is CC(C)[C@@H](C)[C@@]1(C)CC[C@]2(C)[C@H]3CC[C@@H]4[C@@]5(COC[C@]4(C)[C@@H](OCC4(N)CCOCC4)[C@H](NN)C5)C3=CC[C@@]2(C)[C@@H]1C(=O)O. The first kappa shape index (κ1) is 32.9. The van der Waals surface area contributed by atoms with Gasteiger partial charge in [-0.2, -0.15) is 0 Å². The van der Waals surface area contributed by atoms with Crippen LogP contribution in [0.25, 0.3) is 0 Å². The number of hydrogen-bond donors (Lipinski definition) is 4. The minimum atomic E-state index is -0.613. The molecule has 44 heavy (non-hydrogen) atoms. The first-order valence-corrected chi connectivity index (χ1v) is 17.6. The lowest BCUT2D eigenvalue weighted by atomic mass is 9.34. The minimum absolute atomic E-state index is 0.0161. The van der Waals surface area contributed by atoms with E-state index in [1.165, 1.54) is 5.57 Å². The molecule has 2 saturated heterocycles. The van der Waals surface area contributed by atoms with Crippen molar-refractivity contribution in [3.8, 4) is 0 Å². The second-order valence-corrected chi connectivity index (χ2v) is 17.5. The summed E-state index contributed by atoms with van der Waals surface area (Å²) in [6.07, 6.45) is 9.90. The predicted octanol–water partition coefficient (Wildman–Crippen LogP) is 5.30. The van der Waals surface area contributed by atoms with Gasteiger partial charge in [-0.25, -0.2) is 0 Å². The number of aliphatic carboxylic acids is 1. The standard InChI is InChI=1S/C36H61N3O5/c1-22(2)23(3)31(4)12-13-33(6)24-8-9-27-32(5)19-43-21-36(27,25(24)10-11-34(33,7)28(31)30(40)41)18-26(39-38)29(32)44-20-35(37)14-16-42-17-15-35/h10,22-24,26-29,39H,8-9,11-21,37-38H2,1-7H3,(H,40,41)/t23-,24+,26-,27+,28-,29+,31-,32+,33-,34+,36+/m1/s1. The van der Waals surface area contributed by atoms with E-state index in [0.717, 1.165) is 51.4 Å². The zero-order valence-corrected chi connectivity index (χ0v) is 28.5. The molecule has 11 atom stereocenters. The quantitative estimate of drug-likeness (QED) is 0.173. The van der Waals surface area contributed by atoms with E-state index in [4.69, 9.17) is 25.8 Å². The van der Waals surface area contributed by atoms with Crippen molar-refractivity contribution < 1.29 is 24.1 Å². The first-order chi connectivity index (χ1) is 20.6. The molecule has 6 N–H and O–H groups in total. The Morgan fingerprint density at radius 1 is 1.05 bits per heavy atom. The van der Waals surface area contributed by atoms with Crippen molar-refractivity contribution >= 4 is 5.97 Å². The van der Waals surface area contributed by atoms with Gasteiger partial charge in [-0.05, 0) is 91.3 Å². The Bertz CT molecular complexity index is 1150. The lowest BCUT2D eigenvalue weighted by molar-refractivity contribution is -0.247. The van der Waals surface area contributed by atoms with E-state index in [9.17, 15) is 9.90 Å². The summed E-state index contributed by atoms with van der Waals surface area (Å²) in [5, 5.41) is 10.9. The highest BCUT2D eigenvalue weighted by molar-refractivity contribution is 5.73. The van der Waals surface area contributed by atoms with Gasteiger partial charge in [-0.3, -0.25) is 16.1 Å². The summed E-state index contributed by atoms with van der Waals surface area (Å²) >= 11 is 0. The lowest BCUT2D eigenvalue weighted by Gasteiger charge is -2.71. The summed E-state index contributed by atoms with van der Waals surface area (Å²) in [5.41, 5.74) is 10.2. The molecule has 6 aliphatic rings. The summed E-state index contributed by atoms with van der Waals surface area (Å²) < 4.78 is 19.0. The molecule has 2 heterocycles. The van der Waals surface area contributed by atoms with Crippen LogP contribution in [0.2, 0.25) is 0 Å². The van der Waals surface area contributed by atoms with Crippen LogP contribution in [0.3, 0.4) is 0 Å². The Kier molecular flexibility index (Phi) is 8.24. The van der Waals surface area contributed by atoms with Crippen molar-refractivity contribution in [2.75, 3.05) is 33.0 Å². The van der Waals surface area contributed by atoms with Crippen molar-refractivity contribution in [3.63, 3.8) is 0 Å². The zero-order valence-electron chi connectivity index (χ0n) is 28.5. The average molecular weight is 616 g/mol. The van der Waals surface area contributed by atoms with Crippen molar-refractivity contribution in [1.82, 2.24) is 5.43 Å². The average Bonchev–Trinajstić information content (AvgIpc) is 2.96. The van der Waals surface area contributed by atoms with Gasteiger partial charge in [0.05, 0.1) is 31.8 Å². The van der Waals surface area contributed by atoms with Crippen LogP contribution in [0.4, 0.5) is 0 Å². The number of carbonyl (C=O) groups is 1. The van der Waals surface area contributed by atoms with Crippen LogP contribution in [0.15, 0.2) is 11.6 Å². The van der Waals surface area contributed by atoms with Gasteiger partial charge in [0.25, 0.3) is 0 Å². The van der Waals surface area contributed by atoms with Crippen molar-refractivity contribution in [3.05, 3.63) is 11.6 Å². The lowest BCUT2D eigenvalue weighted by Crippen LogP contribution is -2.72. The molecule has 0 aromatic rings. The number of hydrazine groups is 1. The molecule has 3 saturated carbocycles. The number of nitrogens with one attached hydrogen (secondary N) is 1. The number of hydrogen-bond acceptors (Lipinski definition) is 7. The van der Waals surface area contributed by atoms with Gasteiger partial charge >= 0.3 is 5.97 Å². The van der Waals surface area contributed by atoms with E-state index in [1.54, 1.807) is 0 Å². The van der Waals surface area contributed by atoms with Crippen molar-refractivity contribution in [2.24, 2.45) is 68.2 Å². The molecule has 4 aliphatic carbocycles. The number of allylic oxidation sites excluding steroid dienone is 1. The van der Waals surface area contributed by atoms with Crippen LogP contribution in [-0.2, 0) is 19.0 Å². The first-order valence-electron chi connectivity index (χ1n) is 17.6. The smallest absolute Gasteiger partial charge is 0.307 e. The highest BCUT2D eigenvalue weighted by Gasteiger charge is 2.71. The van der Waals surface area contributed by atoms with E-state index in [1.807, 2.05) is 0 Å². The molecule has 0 radical (unpaired) electrons. The maximum Gasteiger partial charge on any atom is 0.307 e.